The summed E-state index contributed by atoms with van der Waals surface area (Å²) in [5.41, 5.74) is 13.4. The third kappa shape index (κ3) is 2.72. The van der Waals surface area contributed by atoms with Gasteiger partial charge < -0.3 is 16.8 Å². The first kappa shape index (κ1) is 14.3. The molecule has 2 aromatic heterocycles. The number of nitrogens with two attached hydrogens (primary N) is 2. The van der Waals surface area contributed by atoms with E-state index in [2.05, 4.69) is 10.3 Å². The van der Waals surface area contributed by atoms with Crippen molar-refractivity contribution in [1.82, 2.24) is 10.3 Å². The van der Waals surface area contributed by atoms with E-state index in [0.29, 0.717) is 10.6 Å². The van der Waals surface area contributed by atoms with Gasteiger partial charge in [0.25, 0.3) is 5.91 Å². The predicted octanol–water partition coefficient (Wildman–Crippen LogP) is 1.10. The number of anilines is 1. The maximum atomic E-state index is 12.1. The molecule has 20 heavy (non-hydrogen) atoms. The van der Waals surface area contributed by atoms with Gasteiger partial charge in [-0.3, -0.25) is 9.59 Å². The van der Waals surface area contributed by atoms with E-state index in [-0.39, 0.29) is 18.9 Å². The van der Waals surface area contributed by atoms with Gasteiger partial charge in [-0.25, -0.2) is 4.98 Å². The van der Waals surface area contributed by atoms with Gasteiger partial charge in [0.05, 0.1) is 5.69 Å². The van der Waals surface area contributed by atoms with Crippen molar-refractivity contribution in [3.63, 3.8) is 0 Å². The van der Waals surface area contributed by atoms with Gasteiger partial charge in [0, 0.05) is 24.0 Å². The number of thiophene rings is 1. The van der Waals surface area contributed by atoms with Crippen LogP contribution in [0.4, 0.5) is 5.69 Å². The van der Waals surface area contributed by atoms with E-state index in [1.54, 1.807) is 0 Å². The van der Waals surface area contributed by atoms with Crippen LogP contribution in [0.3, 0.4) is 0 Å². The van der Waals surface area contributed by atoms with Crippen LogP contribution in [-0.4, -0.2) is 23.3 Å². The number of nitrogens with one attached hydrogen (secondary N) is 1. The molecule has 0 fully saturated rings. The summed E-state index contributed by atoms with van der Waals surface area (Å²) in [4.78, 5) is 28.3. The number of nitrogens with zero attached hydrogens (tertiary/aromatic N) is 1. The molecule has 0 bridgehead atoms. The van der Waals surface area contributed by atoms with Crippen LogP contribution >= 0.6 is 11.3 Å². The summed E-state index contributed by atoms with van der Waals surface area (Å²) < 4.78 is 0. The van der Waals surface area contributed by atoms with Gasteiger partial charge in [-0.05, 0) is 25.5 Å². The van der Waals surface area contributed by atoms with Crippen molar-refractivity contribution >= 4 is 39.1 Å². The molecule has 2 aromatic rings. The fourth-order valence-electron chi connectivity index (χ4n) is 2.02. The predicted molar refractivity (Wildman–Crippen MR) is 79.7 cm³/mol. The number of hydrogen-bond donors (Lipinski definition) is 3. The van der Waals surface area contributed by atoms with Gasteiger partial charge in [0.15, 0.2) is 0 Å². The second-order valence-electron chi connectivity index (χ2n) is 4.58. The second-order valence-corrected chi connectivity index (χ2v) is 5.58. The van der Waals surface area contributed by atoms with E-state index >= 15 is 0 Å². The second kappa shape index (κ2) is 5.46. The SMILES string of the molecule is Cc1cc(C)c2c(N)c(C(=O)NCCC(N)=O)sc2n1. The Balaban J connectivity index is 2.31. The highest BCUT2D eigenvalue weighted by Crippen LogP contribution is 2.34. The summed E-state index contributed by atoms with van der Waals surface area (Å²) in [7, 11) is 0. The molecule has 0 aromatic carbocycles. The quantitative estimate of drug-likeness (QED) is 0.783. The molecule has 0 radical (unpaired) electrons. The van der Waals surface area contributed by atoms with E-state index in [9.17, 15) is 9.59 Å². The maximum Gasteiger partial charge on any atom is 0.263 e. The number of rotatable bonds is 4. The first-order chi connectivity index (χ1) is 9.40. The Labute approximate surface area is 120 Å². The Morgan fingerprint density at radius 1 is 1.40 bits per heavy atom. The van der Waals surface area contributed by atoms with Crippen molar-refractivity contribution in [2.45, 2.75) is 20.3 Å². The molecule has 0 aliphatic heterocycles. The summed E-state index contributed by atoms with van der Waals surface area (Å²) in [6.45, 7) is 4.04. The number of fused-ring (bicyclic) bond motifs is 1. The minimum Gasteiger partial charge on any atom is -0.397 e. The molecule has 0 saturated heterocycles. The average Bonchev–Trinajstić information content (AvgIpc) is 2.65. The Hall–Kier alpha value is -2.15. The van der Waals surface area contributed by atoms with Gasteiger partial charge in [-0.1, -0.05) is 0 Å². The molecule has 0 spiro atoms. The molecule has 7 heteroatoms. The normalized spacial score (nSPS) is 10.7. The zero-order valence-corrected chi connectivity index (χ0v) is 12.1. The monoisotopic (exact) mass is 292 g/mol. The highest BCUT2D eigenvalue weighted by molar-refractivity contribution is 7.21. The van der Waals surface area contributed by atoms with Crippen molar-refractivity contribution in [2.75, 3.05) is 12.3 Å². The molecule has 0 aliphatic rings. The minimum absolute atomic E-state index is 0.104. The van der Waals surface area contributed by atoms with Crippen LogP contribution < -0.4 is 16.8 Å². The number of aromatic nitrogens is 1. The summed E-state index contributed by atoms with van der Waals surface area (Å²) in [6.07, 6.45) is 0.104. The summed E-state index contributed by atoms with van der Waals surface area (Å²) >= 11 is 1.25. The first-order valence-electron chi connectivity index (χ1n) is 6.13. The highest BCUT2D eigenvalue weighted by atomic mass is 32.1. The number of nitrogen functional groups attached to an aromatic ring is 1. The van der Waals surface area contributed by atoms with Crippen LogP contribution in [0.1, 0.15) is 27.3 Å². The Morgan fingerprint density at radius 2 is 2.10 bits per heavy atom. The lowest BCUT2D eigenvalue weighted by molar-refractivity contribution is -0.117. The van der Waals surface area contributed by atoms with E-state index in [4.69, 9.17) is 11.5 Å². The number of hydrogen-bond acceptors (Lipinski definition) is 5. The van der Waals surface area contributed by atoms with Crippen LogP contribution in [0.15, 0.2) is 6.07 Å². The first-order valence-corrected chi connectivity index (χ1v) is 6.94. The number of pyridine rings is 1. The maximum absolute atomic E-state index is 12.1. The van der Waals surface area contributed by atoms with E-state index in [1.807, 2.05) is 19.9 Å². The standard InChI is InChI=1S/C13H16N4O2S/c1-6-5-7(2)17-13-9(6)10(15)11(20-13)12(19)16-4-3-8(14)18/h5H,3-4,15H2,1-2H3,(H2,14,18)(H,16,19). The molecule has 2 rings (SSSR count). The summed E-state index contributed by atoms with van der Waals surface area (Å²) in [5, 5.41) is 3.45. The van der Waals surface area contributed by atoms with E-state index < -0.39 is 5.91 Å². The van der Waals surface area contributed by atoms with Crippen molar-refractivity contribution in [2.24, 2.45) is 5.73 Å². The fourth-order valence-corrected chi connectivity index (χ4v) is 3.15. The molecule has 2 heterocycles. The number of amides is 2. The lowest BCUT2D eigenvalue weighted by Gasteiger charge is -2.02. The van der Waals surface area contributed by atoms with Crippen molar-refractivity contribution in [1.29, 1.82) is 0 Å². The average molecular weight is 292 g/mol. The Bertz CT molecular complexity index is 693. The van der Waals surface area contributed by atoms with Crippen molar-refractivity contribution < 1.29 is 9.59 Å². The molecule has 0 saturated carbocycles. The number of primary amides is 1. The van der Waals surface area contributed by atoms with Crippen LogP contribution in [0.2, 0.25) is 0 Å². The third-order valence-corrected chi connectivity index (χ3v) is 3.99. The lowest BCUT2D eigenvalue weighted by atomic mass is 10.1. The molecule has 106 valence electrons. The van der Waals surface area contributed by atoms with E-state index in [1.165, 1.54) is 11.3 Å². The molecule has 6 nitrogen and oxygen atoms in total. The number of carbonyl (C=O) groups is 2. The zero-order chi connectivity index (χ0) is 14.9. The summed E-state index contributed by atoms with van der Waals surface area (Å²) in [5.74, 6) is -0.758. The molecule has 0 unspecified atom stereocenters. The van der Waals surface area contributed by atoms with Gasteiger partial charge in [0.1, 0.15) is 9.71 Å². The van der Waals surface area contributed by atoms with Gasteiger partial charge in [-0.15, -0.1) is 11.3 Å². The molecule has 5 N–H and O–H groups in total. The smallest absolute Gasteiger partial charge is 0.263 e. The highest BCUT2D eigenvalue weighted by Gasteiger charge is 2.18. The zero-order valence-electron chi connectivity index (χ0n) is 11.3. The number of carbonyl (C=O) groups excluding carboxylic acids is 2. The van der Waals surface area contributed by atoms with Crippen molar-refractivity contribution in [3.8, 4) is 0 Å². The topological polar surface area (TPSA) is 111 Å². The fraction of sp³-hybridized carbons (Fsp3) is 0.308. The third-order valence-electron chi connectivity index (χ3n) is 2.89. The Kier molecular flexibility index (Phi) is 3.89. The lowest BCUT2D eigenvalue weighted by Crippen LogP contribution is -2.27. The molecular formula is C13H16N4O2S. The van der Waals surface area contributed by atoms with Gasteiger partial charge in [0.2, 0.25) is 5.91 Å². The van der Waals surface area contributed by atoms with E-state index in [0.717, 1.165) is 21.5 Å². The molecule has 2 amide bonds. The van der Waals surface area contributed by atoms with Crippen molar-refractivity contribution in [3.05, 3.63) is 22.2 Å². The largest absolute Gasteiger partial charge is 0.397 e. The van der Waals surface area contributed by atoms with Crippen LogP contribution in [0.25, 0.3) is 10.2 Å². The molecule has 0 aliphatic carbocycles. The molecular weight excluding hydrogens is 276 g/mol. The van der Waals surface area contributed by atoms with Crippen LogP contribution in [0.5, 0.6) is 0 Å². The van der Waals surface area contributed by atoms with Gasteiger partial charge >= 0.3 is 0 Å². The summed E-state index contributed by atoms with van der Waals surface area (Å²) in [6, 6.07) is 1.93. The Morgan fingerprint density at radius 3 is 2.75 bits per heavy atom. The van der Waals surface area contributed by atoms with Gasteiger partial charge in [-0.2, -0.15) is 0 Å². The minimum atomic E-state index is -0.456. The molecule has 0 atom stereocenters. The van der Waals surface area contributed by atoms with Crippen LogP contribution in [-0.2, 0) is 4.79 Å². The number of aryl methyl sites for hydroxylation is 2. The van der Waals surface area contributed by atoms with Crippen LogP contribution in [0, 0.1) is 13.8 Å².